The lowest BCUT2D eigenvalue weighted by molar-refractivity contribution is -0.138. The molecule has 16 heteroatoms. The number of H-pyrrole nitrogens is 1. The minimum absolute atomic E-state index is 0.0290. The number of carbonyl (C=O) groups excluding carboxylic acids is 1. The molecule has 1 amide bonds. The predicted molar refractivity (Wildman–Crippen MR) is 162 cm³/mol. The molecule has 2 aliphatic rings. The molecule has 4 heterocycles. The van der Waals surface area contributed by atoms with E-state index >= 15 is 4.39 Å². The van der Waals surface area contributed by atoms with Crippen molar-refractivity contribution in [1.82, 2.24) is 19.9 Å². The highest BCUT2D eigenvalue weighted by atomic mass is 19.4. The summed E-state index contributed by atoms with van der Waals surface area (Å²) in [5.41, 5.74) is -2.59. The van der Waals surface area contributed by atoms with E-state index in [2.05, 4.69) is 20.3 Å². The summed E-state index contributed by atoms with van der Waals surface area (Å²) in [6.07, 6.45) is -1.67. The zero-order chi connectivity index (χ0) is 33.0. The lowest BCUT2D eigenvalue weighted by atomic mass is 10.0. The van der Waals surface area contributed by atoms with Crippen LogP contribution in [0.1, 0.15) is 15.9 Å². The van der Waals surface area contributed by atoms with Crippen molar-refractivity contribution in [1.29, 1.82) is 0 Å². The number of likely N-dealkylation sites (N-methyl/N-ethyl adjacent to an activating group) is 1. The van der Waals surface area contributed by atoms with Gasteiger partial charge in [0.1, 0.15) is 5.82 Å². The number of pyridine rings is 1. The third-order valence-corrected chi connectivity index (χ3v) is 8.15. The number of ether oxygens (including phenoxy) is 3. The average Bonchev–Trinajstić information content (AvgIpc) is 3.49. The Balaban J connectivity index is 1.53. The molecule has 0 radical (unpaired) electrons. The van der Waals surface area contributed by atoms with E-state index in [1.54, 1.807) is 19.1 Å². The van der Waals surface area contributed by atoms with Gasteiger partial charge in [-0.15, -0.1) is 0 Å². The number of methoxy groups -OCH3 is 2. The molecule has 0 bridgehead atoms. The monoisotopic (exact) mass is 649 g/mol. The number of amides is 1. The van der Waals surface area contributed by atoms with Crippen LogP contribution in [-0.2, 0) is 20.4 Å². The molecule has 0 saturated carbocycles. The Labute approximate surface area is 262 Å². The number of morpholine rings is 1. The Morgan fingerprint density at radius 3 is 2.50 bits per heavy atom. The van der Waals surface area contributed by atoms with Gasteiger partial charge in [-0.3, -0.25) is 14.5 Å². The van der Waals surface area contributed by atoms with Crippen molar-refractivity contribution in [2.75, 3.05) is 88.9 Å². The van der Waals surface area contributed by atoms with Crippen LogP contribution < -0.4 is 20.7 Å². The SMILES string of the molecule is COCCN(C)C1CN(c2cc(F)c(-c3cnc(N4CCOCC4)nc3)cc2NC(=O)c2c[nH]c(=O)cc2C(F)(F)F)CC1OC. The average molecular weight is 650 g/mol. The third-order valence-electron chi connectivity index (χ3n) is 8.15. The quantitative estimate of drug-likeness (QED) is 0.317. The van der Waals surface area contributed by atoms with Crippen LogP contribution in [0.4, 0.5) is 34.9 Å². The fourth-order valence-electron chi connectivity index (χ4n) is 5.63. The van der Waals surface area contributed by atoms with Crippen LogP contribution in [-0.4, -0.2) is 112 Å². The van der Waals surface area contributed by atoms with E-state index in [-0.39, 0.29) is 29.1 Å². The highest BCUT2D eigenvalue weighted by molar-refractivity contribution is 6.07. The largest absolute Gasteiger partial charge is 0.417 e. The van der Waals surface area contributed by atoms with Crippen molar-refractivity contribution in [3.05, 3.63) is 64.1 Å². The van der Waals surface area contributed by atoms with Crippen LogP contribution in [0.15, 0.2) is 41.6 Å². The molecular weight excluding hydrogens is 614 g/mol. The molecule has 5 rings (SSSR count). The molecule has 2 N–H and O–H groups in total. The summed E-state index contributed by atoms with van der Waals surface area (Å²) in [4.78, 5) is 41.8. The van der Waals surface area contributed by atoms with Gasteiger partial charge in [-0.2, -0.15) is 13.2 Å². The van der Waals surface area contributed by atoms with Gasteiger partial charge in [0.2, 0.25) is 11.5 Å². The van der Waals surface area contributed by atoms with E-state index in [9.17, 15) is 22.8 Å². The number of benzene rings is 1. The van der Waals surface area contributed by atoms with Crippen LogP contribution in [0.2, 0.25) is 0 Å². The van der Waals surface area contributed by atoms with Crippen molar-refractivity contribution in [2.45, 2.75) is 18.3 Å². The zero-order valence-electron chi connectivity index (χ0n) is 25.6. The minimum Gasteiger partial charge on any atom is -0.383 e. The number of aromatic nitrogens is 3. The van der Waals surface area contributed by atoms with E-state index in [0.717, 1.165) is 0 Å². The van der Waals surface area contributed by atoms with Gasteiger partial charge in [0.15, 0.2) is 0 Å². The molecule has 1 aromatic carbocycles. The first-order valence-corrected chi connectivity index (χ1v) is 14.6. The first-order chi connectivity index (χ1) is 22.0. The number of nitrogens with one attached hydrogen (secondary N) is 2. The van der Waals surface area contributed by atoms with Crippen molar-refractivity contribution in [2.24, 2.45) is 0 Å². The Kier molecular flexibility index (Phi) is 10.2. The number of carbonyl (C=O) groups is 1. The molecule has 2 unspecified atom stereocenters. The lowest BCUT2D eigenvalue weighted by Crippen LogP contribution is -2.43. The Morgan fingerprint density at radius 1 is 1.13 bits per heavy atom. The summed E-state index contributed by atoms with van der Waals surface area (Å²) in [5.74, 6) is -1.35. The highest BCUT2D eigenvalue weighted by Crippen LogP contribution is 2.38. The number of rotatable bonds is 10. The fourth-order valence-corrected chi connectivity index (χ4v) is 5.63. The zero-order valence-corrected chi connectivity index (χ0v) is 25.6. The number of hydrogen-bond acceptors (Lipinski definition) is 10. The maximum atomic E-state index is 15.9. The van der Waals surface area contributed by atoms with Crippen LogP contribution in [0.5, 0.6) is 0 Å². The summed E-state index contributed by atoms with van der Waals surface area (Å²) in [6, 6.07) is 2.76. The van der Waals surface area contributed by atoms with Gasteiger partial charge < -0.3 is 34.3 Å². The molecule has 3 aromatic rings. The van der Waals surface area contributed by atoms with Crippen molar-refractivity contribution >= 4 is 23.2 Å². The fraction of sp³-hybridized carbons (Fsp3) is 0.467. The topological polar surface area (TPSA) is 125 Å². The maximum absolute atomic E-state index is 15.9. The molecule has 2 aliphatic heterocycles. The van der Waals surface area contributed by atoms with E-state index in [0.29, 0.717) is 76.3 Å². The van der Waals surface area contributed by atoms with Crippen molar-refractivity contribution in [3.63, 3.8) is 0 Å². The van der Waals surface area contributed by atoms with E-state index in [4.69, 9.17) is 14.2 Å². The summed E-state index contributed by atoms with van der Waals surface area (Å²) in [6.45, 7) is 4.00. The molecule has 0 aliphatic carbocycles. The molecule has 2 atom stereocenters. The number of anilines is 3. The molecule has 0 spiro atoms. The summed E-state index contributed by atoms with van der Waals surface area (Å²) < 4.78 is 73.6. The predicted octanol–water partition coefficient (Wildman–Crippen LogP) is 2.86. The van der Waals surface area contributed by atoms with Crippen LogP contribution in [0.3, 0.4) is 0 Å². The minimum atomic E-state index is -4.97. The van der Waals surface area contributed by atoms with Crippen molar-refractivity contribution in [3.8, 4) is 11.1 Å². The summed E-state index contributed by atoms with van der Waals surface area (Å²) in [5, 5.41) is 2.54. The van der Waals surface area contributed by atoms with Gasteiger partial charge in [0.25, 0.3) is 5.91 Å². The number of halogens is 4. The summed E-state index contributed by atoms with van der Waals surface area (Å²) >= 11 is 0. The lowest BCUT2D eigenvalue weighted by Gasteiger charge is -2.28. The molecule has 248 valence electrons. The smallest absolute Gasteiger partial charge is 0.383 e. The van der Waals surface area contributed by atoms with Crippen molar-refractivity contribution < 1.29 is 36.6 Å². The van der Waals surface area contributed by atoms with Gasteiger partial charge >= 0.3 is 6.18 Å². The van der Waals surface area contributed by atoms with Gasteiger partial charge in [0.05, 0.1) is 54.5 Å². The molecular formula is C30H35F4N7O5. The van der Waals surface area contributed by atoms with E-state index in [1.807, 2.05) is 16.8 Å². The molecule has 2 saturated heterocycles. The number of aromatic amines is 1. The normalized spacial score (nSPS) is 18.8. The van der Waals surface area contributed by atoms with Gasteiger partial charge in [-0.05, 0) is 19.2 Å². The molecule has 2 fully saturated rings. The number of nitrogens with zero attached hydrogens (tertiary/aromatic N) is 5. The Morgan fingerprint density at radius 2 is 1.85 bits per heavy atom. The second-order valence-electron chi connectivity index (χ2n) is 11.0. The third kappa shape index (κ3) is 7.30. The number of hydrogen-bond donors (Lipinski definition) is 2. The maximum Gasteiger partial charge on any atom is 0.417 e. The van der Waals surface area contributed by atoms with Gasteiger partial charge in [0, 0.05) is 82.7 Å². The summed E-state index contributed by atoms with van der Waals surface area (Å²) in [7, 11) is 5.06. The van der Waals surface area contributed by atoms with E-state index < -0.39 is 34.6 Å². The molecule has 46 heavy (non-hydrogen) atoms. The van der Waals surface area contributed by atoms with Crippen LogP contribution >= 0.6 is 0 Å². The van der Waals surface area contributed by atoms with Crippen LogP contribution in [0, 0.1) is 5.82 Å². The highest BCUT2D eigenvalue weighted by Gasteiger charge is 2.38. The first-order valence-electron chi connectivity index (χ1n) is 14.6. The van der Waals surface area contributed by atoms with Gasteiger partial charge in [-0.25, -0.2) is 14.4 Å². The second-order valence-corrected chi connectivity index (χ2v) is 11.0. The van der Waals surface area contributed by atoms with Crippen LogP contribution in [0.25, 0.3) is 11.1 Å². The standard InChI is InChI=1S/C30H35F4N7O5/c1-39(4-7-44-2)25-16-41(17-26(25)45-3)24-12-22(31)19(18-13-36-29(37-14-18)40-5-8-46-9-6-40)10-23(24)38-28(43)20-15-35-27(42)11-21(20)30(32,33)34/h10-15,25-26H,4-9,16-17H2,1-3H3,(H,35,42)(H,38,43). The number of alkyl halides is 3. The molecule has 12 nitrogen and oxygen atoms in total. The second kappa shape index (κ2) is 14.1. The van der Waals surface area contributed by atoms with E-state index in [1.165, 1.54) is 24.5 Å². The first kappa shape index (κ1) is 33.2. The Bertz CT molecular complexity index is 1580. The van der Waals surface area contributed by atoms with Gasteiger partial charge in [-0.1, -0.05) is 0 Å². The molecule has 2 aromatic heterocycles. The Hall–Kier alpha value is -4.12.